The Morgan fingerprint density at radius 3 is 2.74 bits per heavy atom. The fourth-order valence-electron chi connectivity index (χ4n) is 2.61. The van der Waals surface area contributed by atoms with E-state index in [0.29, 0.717) is 17.1 Å². The highest BCUT2D eigenvalue weighted by molar-refractivity contribution is 5.91. The van der Waals surface area contributed by atoms with Gasteiger partial charge in [-0.3, -0.25) is 0 Å². The van der Waals surface area contributed by atoms with E-state index in [1.165, 1.54) is 0 Å². The second-order valence-corrected chi connectivity index (χ2v) is 6.25. The van der Waals surface area contributed by atoms with Gasteiger partial charge in [0.25, 0.3) is 0 Å². The van der Waals surface area contributed by atoms with Crippen LogP contribution in [0.1, 0.15) is 36.2 Å². The molecule has 0 radical (unpaired) electrons. The number of carbonyl (C=O) groups is 1. The van der Waals surface area contributed by atoms with E-state index in [4.69, 9.17) is 14.2 Å². The lowest BCUT2D eigenvalue weighted by atomic mass is 9.94. The van der Waals surface area contributed by atoms with E-state index in [9.17, 15) is 4.79 Å². The van der Waals surface area contributed by atoms with Gasteiger partial charge >= 0.3 is 5.97 Å². The third-order valence-electron chi connectivity index (χ3n) is 3.93. The molecule has 0 fully saturated rings. The molecule has 0 atom stereocenters. The molecule has 4 nitrogen and oxygen atoms in total. The number of carbonyl (C=O) groups excluding carboxylic acids is 1. The SMILES string of the molecule is COc1cccc(C(=O)Oc2ccc3c(c2)CCC(C)(C)O3)c1. The van der Waals surface area contributed by atoms with Crippen LogP contribution in [0.5, 0.6) is 17.2 Å². The summed E-state index contributed by atoms with van der Waals surface area (Å²) < 4.78 is 16.5. The van der Waals surface area contributed by atoms with E-state index in [1.54, 1.807) is 37.4 Å². The highest BCUT2D eigenvalue weighted by Crippen LogP contribution is 2.35. The van der Waals surface area contributed by atoms with Crippen LogP contribution in [-0.2, 0) is 6.42 Å². The molecule has 0 bridgehead atoms. The molecule has 0 N–H and O–H groups in total. The third-order valence-corrected chi connectivity index (χ3v) is 3.93. The van der Waals surface area contributed by atoms with Crippen molar-refractivity contribution in [2.24, 2.45) is 0 Å². The Morgan fingerprint density at radius 1 is 1.13 bits per heavy atom. The number of ether oxygens (including phenoxy) is 3. The van der Waals surface area contributed by atoms with Crippen LogP contribution in [0.2, 0.25) is 0 Å². The molecule has 23 heavy (non-hydrogen) atoms. The van der Waals surface area contributed by atoms with Crippen molar-refractivity contribution in [3.8, 4) is 17.2 Å². The summed E-state index contributed by atoms with van der Waals surface area (Å²) in [5.74, 6) is 1.61. The first-order chi connectivity index (χ1) is 11.0. The highest BCUT2D eigenvalue weighted by Gasteiger charge is 2.26. The summed E-state index contributed by atoms with van der Waals surface area (Å²) in [6, 6.07) is 12.4. The Balaban J connectivity index is 1.77. The summed E-state index contributed by atoms with van der Waals surface area (Å²) >= 11 is 0. The molecular formula is C19H20O4. The number of methoxy groups -OCH3 is 1. The van der Waals surface area contributed by atoms with E-state index >= 15 is 0 Å². The van der Waals surface area contributed by atoms with Gasteiger partial charge in [0.1, 0.15) is 22.8 Å². The fourth-order valence-corrected chi connectivity index (χ4v) is 2.61. The highest BCUT2D eigenvalue weighted by atomic mass is 16.5. The zero-order valence-corrected chi connectivity index (χ0v) is 13.6. The maximum absolute atomic E-state index is 12.2. The lowest BCUT2D eigenvalue weighted by Gasteiger charge is -2.32. The van der Waals surface area contributed by atoms with Crippen molar-refractivity contribution in [1.82, 2.24) is 0 Å². The zero-order valence-electron chi connectivity index (χ0n) is 13.6. The molecule has 4 heteroatoms. The molecule has 1 aliphatic heterocycles. The predicted octanol–water partition coefficient (Wildman–Crippen LogP) is 4.02. The van der Waals surface area contributed by atoms with Crippen LogP contribution in [0.4, 0.5) is 0 Å². The van der Waals surface area contributed by atoms with E-state index < -0.39 is 5.97 Å². The molecule has 0 saturated heterocycles. The van der Waals surface area contributed by atoms with Crippen LogP contribution in [0.15, 0.2) is 42.5 Å². The largest absolute Gasteiger partial charge is 0.497 e. The summed E-state index contributed by atoms with van der Waals surface area (Å²) in [6.45, 7) is 4.15. The van der Waals surface area contributed by atoms with Gasteiger partial charge in [-0.1, -0.05) is 6.07 Å². The Kier molecular flexibility index (Phi) is 3.99. The van der Waals surface area contributed by atoms with Gasteiger partial charge in [0.2, 0.25) is 0 Å². The number of fused-ring (bicyclic) bond motifs is 1. The second-order valence-electron chi connectivity index (χ2n) is 6.25. The van der Waals surface area contributed by atoms with Crippen LogP contribution in [0.3, 0.4) is 0 Å². The fraction of sp³-hybridized carbons (Fsp3) is 0.316. The lowest BCUT2D eigenvalue weighted by molar-refractivity contribution is 0.0727. The molecule has 0 spiro atoms. The minimum Gasteiger partial charge on any atom is -0.497 e. The molecule has 2 aromatic carbocycles. The summed E-state index contributed by atoms with van der Waals surface area (Å²) in [5.41, 5.74) is 1.38. The topological polar surface area (TPSA) is 44.8 Å². The van der Waals surface area contributed by atoms with Crippen molar-refractivity contribution < 1.29 is 19.0 Å². The normalized spacial score (nSPS) is 15.3. The maximum Gasteiger partial charge on any atom is 0.343 e. The summed E-state index contributed by atoms with van der Waals surface area (Å²) in [5, 5.41) is 0. The quantitative estimate of drug-likeness (QED) is 0.634. The molecule has 120 valence electrons. The molecule has 0 aromatic heterocycles. The number of hydrogen-bond donors (Lipinski definition) is 0. The van der Waals surface area contributed by atoms with Crippen molar-refractivity contribution in [3.63, 3.8) is 0 Å². The van der Waals surface area contributed by atoms with E-state index in [2.05, 4.69) is 13.8 Å². The first kappa shape index (κ1) is 15.4. The average Bonchev–Trinajstić information content (AvgIpc) is 2.54. The summed E-state index contributed by atoms with van der Waals surface area (Å²) in [7, 11) is 1.56. The number of rotatable bonds is 3. The number of esters is 1. The smallest absolute Gasteiger partial charge is 0.343 e. The standard InChI is InChI=1S/C19H20O4/c1-19(2)10-9-13-11-16(7-8-17(13)23-19)22-18(20)14-5-4-6-15(12-14)21-3/h4-8,11-12H,9-10H2,1-3H3. The van der Waals surface area contributed by atoms with Crippen molar-refractivity contribution in [2.75, 3.05) is 7.11 Å². The minimum atomic E-state index is -0.402. The van der Waals surface area contributed by atoms with Gasteiger partial charge < -0.3 is 14.2 Å². The van der Waals surface area contributed by atoms with Gasteiger partial charge in [0.05, 0.1) is 12.7 Å². The first-order valence-corrected chi connectivity index (χ1v) is 7.65. The van der Waals surface area contributed by atoms with Crippen LogP contribution in [-0.4, -0.2) is 18.7 Å². The molecule has 0 aliphatic carbocycles. The van der Waals surface area contributed by atoms with Gasteiger partial charge in [-0.25, -0.2) is 4.79 Å². The van der Waals surface area contributed by atoms with Crippen LogP contribution in [0, 0.1) is 0 Å². The first-order valence-electron chi connectivity index (χ1n) is 7.65. The van der Waals surface area contributed by atoms with Gasteiger partial charge in [-0.05, 0) is 68.7 Å². The van der Waals surface area contributed by atoms with Crippen LogP contribution < -0.4 is 14.2 Å². The van der Waals surface area contributed by atoms with Crippen molar-refractivity contribution >= 4 is 5.97 Å². The molecule has 0 unspecified atom stereocenters. The molecule has 2 aromatic rings. The molecule has 1 aliphatic rings. The molecule has 0 saturated carbocycles. The monoisotopic (exact) mass is 312 g/mol. The van der Waals surface area contributed by atoms with Crippen molar-refractivity contribution in [2.45, 2.75) is 32.3 Å². The Bertz CT molecular complexity index is 734. The third kappa shape index (κ3) is 3.47. The summed E-state index contributed by atoms with van der Waals surface area (Å²) in [6.07, 6.45) is 1.85. The van der Waals surface area contributed by atoms with Gasteiger partial charge in [-0.2, -0.15) is 0 Å². The zero-order chi connectivity index (χ0) is 16.4. The molecular weight excluding hydrogens is 292 g/mol. The van der Waals surface area contributed by atoms with E-state index in [1.807, 2.05) is 12.1 Å². The van der Waals surface area contributed by atoms with Gasteiger partial charge in [0, 0.05) is 0 Å². The maximum atomic E-state index is 12.2. The van der Waals surface area contributed by atoms with Crippen molar-refractivity contribution in [3.05, 3.63) is 53.6 Å². The Morgan fingerprint density at radius 2 is 1.96 bits per heavy atom. The van der Waals surface area contributed by atoms with Crippen LogP contribution >= 0.6 is 0 Å². The lowest BCUT2D eigenvalue weighted by Crippen LogP contribution is -2.32. The van der Waals surface area contributed by atoms with Gasteiger partial charge in [-0.15, -0.1) is 0 Å². The number of hydrogen-bond acceptors (Lipinski definition) is 4. The van der Waals surface area contributed by atoms with Crippen molar-refractivity contribution in [1.29, 1.82) is 0 Å². The Hall–Kier alpha value is -2.49. The number of benzene rings is 2. The average molecular weight is 312 g/mol. The molecule has 0 amide bonds. The van der Waals surface area contributed by atoms with E-state index in [-0.39, 0.29) is 5.60 Å². The molecule has 3 rings (SSSR count). The number of aryl methyl sites for hydroxylation is 1. The predicted molar refractivity (Wildman–Crippen MR) is 87.4 cm³/mol. The second kappa shape index (κ2) is 5.95. The summed E-state index contributed by atoms with van der Waals surface area (Å²) in [4.78, 5) is 12.2. The molecule has 1 heterocycles. The van der Waals surface area contributed by atoms with Gasteiger partial charge in [0.15, 0.2) is 0 Å². The van der Waals surface area contributed by atoms with Crippen LogP contribution in [0.25, 0.3) is 0 Å². The minimum absolute atomic E-state index is 0.147. The van der Waals surface area contributed by atoms with E-state index in [0.717, 1.165) is 24.2 Å². The Labute approximate surface area is 136 Å².